The van der Waals surface area contributed by atoms with Crippen molar-refractivity contribution in [3.8, 4) is 6.07 Å². The average molecular weight is 412 g/mol. The zero-order valence-electron chi connectivity index (χ0n) is 17.5. The molecule has 3 N–H and O–H groups in total. The Morgan fingerprint density at radius 2 is 2.17 bits per heavy atom. The molecule has 2 aliphatic rings. The molecule has 1 unspecified atom stereocenters. The molecule has 30 heavy (non-hydrogen) atoms. The van der Waals surface area contributed by atoms with E-state index in [1.165, 1.54) is 0 Å². The standard InChI is InChI=1S/C22H29N5O3/c1-3-15(4-2)14-30-22(29)17(11-23)20-21(27-10-9-24-16(12-27)13-28)26-19-8-6-5-7-18(19)25-20/h5-8,15-16,24-25,28H,3-4,9-10,12-14H2,1-2H3/b20-17-. The number of ether oxygens (including phenoxy) is 1. The van der Waals surface area contributed by atoms with E-state index in [2.05, 4.69) is 24.5 Å². The maximum Gasteiger partial charge on any atom is 0.351 e. The Kier molecular flexibility index (Phi) is 7.44. The summed E-state index contributed by atoms with van der Waals surface area (Å²) in [6.07, 6.45) is 1.81. The summed E-state index contributed by atoms with van der Waals surface area (Å²) in [4.78, 5) is 19.5. The predicted octanol–water partition coefficient (Wildman–Crippen LogP) is 2.17. The van der Waals surface area contributed by atoms with Crippen molar-refractivity contribution in [2.75, 3.05) is 38.2 Å². The van der Waals surface area contributed by atoms with Crippen LogP contribution in [-0.4, -0.2) is 60.7 Å². The molecule has 3 rings (SSSR count). The van der Waals surface area contributed by atoms with Crippen molar-refractivity contribution in [3.63, 3.8) is 0 Å². The third-order valence-electron chi connectivity index (χ3n) is 5.56. The van der Waals surface area contributed by atoms with E-state index in [0.717, 1.165) is 24.2 Å². The fraction of sp³-hybridized carbons (Fsp3) is 0.500. The number of para-hydroxylation sites is 2. The number of aliphatic hydroxyl groups excluding tert-OH is 1. The second-order valence-corrected chi connectivity index (χ2v) is 7.50. The number of aliphatic hydroxyl groups is 1. The van der Waals surface area contributed by atoms with Crippen molar-refractivity contribution in [2.24, 2.45) is 10.9 Å². The molecule has 0 spiro atoms. The highest BCUT2D eigenvalue weighted by molar-refractivity contribution is 6.12. The van der Waals surface area contributed by atoms with E-state index < -0.39 is 5.97 Å². The van der Waals surface area contributed by atoms with Crippen LogP contribution in [0.1, 0.15) is 26.7 Å². The normalized spacial score (nSPS) is 20.0. The summed E-state index contributed by atoms with van der Waals surface area (Å²) in [5, 5.41) is 25.8. The highest BCUT2D eigenvalue weighted by atomic mass is 16.5. The molecular formula is C22H29N5O3. The van der Waals surface area contributed by atoms with Crippen LogP contribution in [0.2, 0.25) is 0 Å². The molecule has 0 amide bonds. The summed E-state index contributed by atoms with van der Waals surface area (Å²) in [6, 6.07) is 9.41. The van der Waals surface area contributed by atoms with E-state index >= 15 is 0 Å². The van der Waals surface area contributed by atoms with Crippen LogP contribution in [0, 0.1) is 17.2 Å². The van der Waals surface area contributed by atoms with Gasteiger partial charge in [0.25, 0.3) is 0 Å². The fourth-order valence-electron chi connectivity index (χ4n) is 3.57. The molecule has 2 heterocycles. The van der Waals surface area contributed by atoms with Crippen LogP contribution in [0.25, 0.3) is 0 Å². The molecular weight excluding hydrogens is 382 g/mol. The third kappa shape index (κ3) is 4.81. The predicted molar refractivity (Wildman–Crippen MR) is 115 cm³/mol. The van der Waals surface area contributed by atoms with E-state index in [4.69, 9.17) is 9.73 Å². The molecule has 0 bridgehead atoms. The van der Waals surface area contributed by atoms with Crippen LogP contribution >= 0.6 is 0 Å². The molecule has 1 aromatic carbocycles. The van der Waals surface area contributed by atoms with Gasteiger partial charge in [-0.25, -0.2) is 9.79 Å². The van der Waals surface area contributed by atoms with E-state index in [1.54, 1.807) is 0 Å². The first-order chi connectivity index (χ1) is 14.6. The van der Waals surface area contributed by atoms with Gasteiger partial charge in [0.15, 0.2) is 11.4 Å². The Hall–Kier alpha value is -2.89. The minimum absolute atomic E-state index is 0.00455. The van der Waals surface area contributed by atoms with Gasteiger partial charge in [-0.3, -0.25) is 0 Å². The van der Waals surface area contributed by atoms with Gasteiger partial charge in [0.1, 0.15) is 11.8 Å². The lowest BCUT2D eigenvalue weighted by Crippen LogP contribution is -2.55. The summed E-state index contributed by atoms with van der Waals surface area (Å²) in [7, 11) is 0. The molecule has 0 aromatic heterocycles. The molecule has 8 nitrogen and oxygen atoms in total. The molecule has 0 aliphatic carbocycles. The number of hydrogen-bond donors (Lipinski definition) is 3. The van der Waals surface area contributed by atoms with Gasteiger partial charge >= 0.3 is 5.97 Å². The number of amidine groups is 1. The highest BCUT2D eigenvalue weighted by Crippen LogP contribution is 2.33. The lowest BCUT2D eigenvalue weighted by molar-refractivity contribution is -0.140. The number of nitrogens with one attached hydrogen (secondary N) is 2. The Balaban J connectivity index is 1.96. The largest absolute Gasteiger partial charge is 0.461 e. The van der Waals surface area contributed by atoms with Gasteiger partial charge < -0.3 is 25.4 Å². The number of benzene rings is 1. The first-order valence-electron chi connectivity index (χ1n) is 10.5. The van der Waals surface area contributed by atoms with Crippen molar-refractivity contribution < 1.29 is 14.6 Å². The summed E-state index contributed by atoms with van der Waals surface area (Å²) in [5.41, 5.74) is 1.72. The molecule has 160 valence electrons. The average Bonchev–Trinajstić information content (AvgIpc) is 2.79. The van der Waals surface area contributed by atoms with Gasteiger partial charge in [-0.1, -0.05) is 38.8 Å². The Labute approximate surface area is 177 Å². The molecule has 1 saturated heterocycles. The number of piperazine rings is 1. The van der Waals surface area contributed by atoms with Crippen LogP contribution in [0.3, 0.4) is 0 Å². The Morgan fingerprint density at radius 1 is 1.40 bits per heavy atom. The SMILES string of the molecule is CCC(CC)COC(=O)/C(C#N)=C1\Nc2ccccc2N=C1N1CCNC(CO)C1. The second kappa shape index (κ2) is 10.2. The molecule has 0 saturated carbocycles. The Morgan fingerprint density at radius 3 is 2.87 bits per heavy atom. The zero-order chi connectivity index (χ0) is 21.5. The van der Waals surface area contributed by atoms with E-state index in [0.29, 0.717) is 31.2 Å². The van der Waals surface area contributed by atoms with Crippen molar-refractivity contribution in [2.45, 2.75) is 32.7 Å². The summed E-state index contributed by atoms with van der Waals surface area (Å²) < 4.78 is 5.47. The van der Waals surface area contributed by atoms with Crippen molar-refractivity contribution in [1.82, 2.24) is 10.2 Å². The van der Waals surface area contributed by atoms with Crippen molar-refractivity contribution in [3.05, 3.63) is 35.5 Å². The zero-order valence-corrected chi connectivity index (χ0v) is 17.5. The van der Waals surface area contributed by atoms with Crippen LogP contribution in [0.5, 0.6) is 0 Å². The monoisotopic (exact) mass is 411 g/mol. The van der Waals surface area contributed by atoms with Gasteiger partial charge in [0.05, 0.1) is 24.6 Å². The fourth-order valence-corrected chi connectivity index (χ4v) is 3.57. The van der Waals surface area contributed by atoms with E-state index in [9.17, 15) is 15.2 Å². The van der Waals surface area contributed by atoms with Gasteiger partial charge in [0.2, 0.25) is 0 Å². The minimum Gasteiger partial charge on any atom is -0.461 e. The molecule has 0 radical (unpaired) electrons. The van der Waals surface area contributed by atoms with E-state index in [-0.39, 0.29) is 30.7 Å². The topological polar surface area (TPSA) is 110 Å². The maximum absolute atomic E-state index is 12.8. The number of esters is 1. The number of rotatable bonds is 6. The maximum atomic E-state index is 12.8. The molecule has 1 aromatic rings. The van der Waals surface area contributed by atoms with Crippen LogP contribution in [-0.2, 0) is 9.53 Å². The molecule has 2 aliphatic heterocycles. The number of nitrogens with zero attached hydrogens (tertiary/aromatic N) is 3. The number of anilines is 1. The summed E-state index contributed by atoms with van der Waals surface area (Å²) in [6.45, 7) is 6.22. The van der Waals surface area contributed by atoms with E-state index in [1.807, 2.05) is 35.2 Å². The number of carbonyl (C=O) groups excluding carboxylic acids is 1. The Bertz CT molecular complexity index is 870. The van der Waals surface area contributed by atoms with Crippen LogP contribution in [0.4, 0.5) is 11.4 Å². The van der Waals surface area contributed by atoms with Crippen LogP contribution in [0.15, 0.2) is 40.5 Å². The molecule has 1 fully saturated rings. The third-order valence-corrected chi connectivity index (χ3v) is 5.56. The van der Waals surface area contributed by atoms with Crippen molar-refractivity contribution in [1.29, 1.82) is 5.26 Å². The number of carbonyl (C=O) groups is 1. The van der Waals surface area contributed by atoms with Gasteiger partial charge in [-0.05, 0) is 18.1 Å². The number of aliphatic imine (C=N–C) groups is 1. The lowest BCUT2D eigenvalue weighted by Gasteiger charge is -2.37. The molecule has 1 atom stereocenters. The first kappa shape index (κ1) is 21.8. The van der Waals surface area contributed by atoms with Crippen LogP contribution < -0.4 is 10.6 Å². The lowest BCUT2D eigenvalue weighted by atomic mass is 10.1. The first-order valence-corrected chi connectivity index (χ1v) is 10.5. The van der Waals surface area contributed by atoms with Gasteiger partial charge in [-0.2, -0.15) is 5.26 Å². The number of hydrogen-bond acceptors (Lipinski definition) is 8. The minimum atomic E-state index is -0.646. The smallest absolute Gasteiger partial charge is 0.351 e. The molecule has 8 heteroatoms. The summed E-state index contributed by atoms with van der Waals surface area (Å²) in [5.74, 6) is 0.142. The van der Waals surface area contributed by atoms with Gasteiger partial charge in [0, 0.05) is 25.7 Å². The number of fused-ring (bicyclic) bond motifs is 1. The van der Waals surface area contributed by atoms with Gasteiger partial charge in [-0.15, -0.1) is 0 Å². The van der Waals surface area contributed by atoms with Crippen molar-refractivity contribution >= 4 is 23.2 Å². The summed E-state index contributed by atoms with van der Waals surface area (Å²) >= 11 is 0. The second-order valence-electron chi connectivity index (χ2n) is 7.50. The highest BCUT2D eigenvalue weighted by Gasteiger charge is 2.31. The quantitative estimate of drug-likeness (QED) is 0.374. The number of nitriles is 1.